The van der Waals surface area contributed by atoms with Crippen molar-refractivity contribution in [3.8, 4) is 0 Å². The van der Waals surface area contributed by atoms with Crippen LogP contribution in [0, 0.1) is 0 Å². The maximum Gasteiger partial charge on any atom is 0.338 e. The van der Waals surface area contributed by atoms with Crippen LogP contribution in [0.15, 0.2) is 35.5 Å². The van der Waals surface area contributed by atoms with Crippen LogP contribution in [0.2, 0.25) is 0 Å². The first-order valence-electron chi connectivity index (χ1n) is 8.58. The van der Waals surface area contributed by atoms with Gasteiger partial charge in [-0.05, 0) is 38.3 Å². The fourth-order valence-corrected chi connectivity index (χ4v) is 2.66. The second-order valence-corrected chi connectivity index (χ2v) is 6.22. The van der Waals surface area contributed by atoms with Crippen LogP contribution in [0.4, 0.5) is 4.79 Å². The Morgan fingerprint density at radius 3 is 2.48 bits per heavy atom. The van der Waals surface area contributed by atoms with Gasteiger partial charge in [0.2, 0.25) is 0 Å². The van der Waals surface area contributed by atoms with Crippen LogP contribution in [0.5, 0.6) is 0 Å². The quantitative estimate of drug-likeness (QED) is 0.588. The van der Waals surface area contributed by atoms with Gasteiger partial charge in [-0.25, -0.2) is 9.59 Å². The largest absolute Gasteiger partial charge is 0.460 e. The first-order chi connectivity index (χ1) is 11.9. The summed E-state index contributed by atoms with van der Waals surface area (Å²) >= 11 is 0. The molecule has 0 bridgehead atoms. The van der Waals surface area contributed by atoms with Gasteiger partial charge in [0, 0.05) is 5.70 Å². The van der Waals surface area contributed by atoms with E-state index in [0.717, 1.165) is 12.0 Å². The lowest BCUT2D eigenvalue weighted by Crippen LogP contribution is -2.45. The van der Waals surface area contributed by atoms with E-state index in [9.17, 15) is 9.59 Å². The lowest BCUT2D eigenvalue weighted by atomic mass is 9.94. The first-order valence-corrected chi connectivity index (χ1v) is 8.58. The zero-order valence-electron chi connectivity index (χ0n) is 15.2. The third kappa shape index (κ3) is 5.06. The van der Waals surface area contributed by atoms with Gasteiger partial charge in [-0.15, -0.1) is 0 Å². The number of esters is 1. The summed E-state index contributed by atoms with van der Waals surface area (Å²) in [5.74, 6) is -0.457. The maximum atomic E-state index is 12.5. The molecule has 25 heavy (non-hydrogen) atoms. The van der Waals surface area contributed by atoms with E-state index in [-0.39, 0.29) is 18.7 Å². The molecule has 1 unspecified atom stereocenters. The third-order valence-electron chi connectivity index (χ3n) is 3.98. The first kappa shape index (κ1) is 19.0. The van der Waals surface area contributed by atoms with Crippen LogP contribution in [0.3, 0.4) is 0 Å². The Labute approximate surface area is 148 Å². The fraction of sp³-hybridized carbons (Fsp3) is 0.474. The van der Waals surface area contributed by atoms with Crippen molar-refractivity contribution in [2.24, 2.45) is 0 Å². The van der Waals surface area contributed by atoms with Crippen LogP contribution >= 0.6 is 0 Å². The summed E-state index contributed by atoms with van der Waals surface area (Å²) in [4.78, 5) is 24.4. The predicted molar refractivity (Wildman–Crippen MR) is 95.0 cm³/mol. The second kappa shape index (κ2) is 8.67. The van der Waals surface area contributed by atoms with Crippen molar-refractivity contribution in [3.63, 3.8) is 0 Å². The highest BCUT2D eigenvalue weighted by Crippen LogP contribution is 2.27. The van der Waals surface area contributed by atoms with Gasteiger partial charge < -0.3 is 20.1 Å². The number of aryl methyl sites for hydroxylation is 1. The molecule has 2 rings (SSSR count). The number of nitrogens with one attached hydrogen (secondary N) is 2. The Hall–Kier alpha value is -2.34. The molecule has 2 amide bonds. The highest BCUT2D eigenvalue weighted by atomic mass is 16.6. The molecule has 0 spiro atoms. The van der Waals surface area contributed by atoms with E-state index < -0.39 is 12.0 Å². The van der Waals surface area contributed by atoms with Gasteiger partial charge in [-0.1, -0.05) is 31.2 Å². The Balaban J connectivity index is 2.16. The normalized spacial score (nSPS) is 17.3. The summed E-state index contributed by atoms with van der Waals surface area (Å²) in [6.45, 7) is 8.13. The molecule has 0 aliphatic carbocycles. The van der Waals surface area contributed by atoms with E-state index in [2.05, 4.69) is 17.6 Å². The second-order valence-electron chi connectivity index (χ2n) is 6.22. The zero-order chi connectivity index (χ0) is 18.4. The van der Waals surface area contributed by atoms with E-state index in [4.69, 9.17) is 9.47 Å². The summed E-state index contributed by atoms with van der Waals surface area (Å²) in [7, 11) is 0. The van der Waals surface area contributed by atoms with Crippen molar-refractivity contribution in [2.45, 2.75) is 46.3 Å². The molecule has 136 valence electrons. The SMILES string of the molecule is CCc1ccc(C2NC(=O)NC(C)=C2C(=O)OCCOC(C)C)cc1. The monoisotopic (exact) mass is 346 g/mol. The van der Waals surface area contributed by atoms with E-state index in [1.54, 1.807) is 6.92 Å². The van der Waals surface area contributed by atoms with Crippen molar-refractivity contribution in [2.75, 3.05) is 13.2 Å². The Morgan fingerprint density at radius 1 is 1.20 bits per heavy atom. The molecule has 6 nitrogen and oxygen atoms in total. The number of carbonyl (C=O) groups is 2. The number of carbonyl (C=O) groups excluding carboxylic acids is 2. The summed E-state index contributed by atoms with van der Waals surface area (Å²) < 4.78 is 10.7. The van der Waals surface area contributed by atoms with Crippen molar-refractivity contribution in [3.05, 3.63) is 46.7 Å². The molecule has 0 fully saturated rings. The third-order valence-corrected chi connectivity index (χ3v) is 3.98. The van der Waals surface area contributed by atoms with Crippen molar-refractivity contribution in [1.29, 1.82) is 0 Å². The summed E-state index contributed by atoms with van der Waals surface area (Å²) in [6, 6.07) is 6.99. The molecule has 0 saturated carbocycles. The van der Waals surface area contributed by atoms with E-state index >= 15 is 0 Å². The molecular formula is C19H26N2O4. The minimum atomic E-state index is -0.529. The van der Waals surface area contributed by atoms with E-state index in [1.807, 2.05) is 38.1 Å². The molecule has 6 heteroatoms. The molecule has 0 radical (unpaired) electrons. The number of ether oxygens (including phenoxy) is 2. The zero-order valence-corrected chi connectivity index (χ0v) is 15.2. The molecule has 1 aliphatic rings. The molecule has 1 atom stereocenters. The maximum absolute atomic E-state index is 12.5. The van der Waals surface area contributed by atoms with Crippen LogP contribution in [0.1, 0.15) is 44.9 Å². The van der Waals surface area contributed by atoms with Crippen LogP contribution in [-0.2, 0) is 20.7 Å². The molecule has 2 N–H and O–H groups in total. The standard InChI is InChI=1S/C19H26N2O4/c1-5-14-6-8-15(9-7-14)17-16(13(4)20-19(23)21-17)18(22)25-11-10-24-12(2)3/h6-9,12,17H,5,10-11H2,1-4H3,(H2,20,21,23). The van der Waals surface area contributed by atoms with Gasteiger partial charge in [0.15, 0.2) is 0 Å². The minimum absolute atomic E-state index is 0.0834. The highest BCUT2D eigenvalue weighted by molar-refractivity contribution is 5.95. The smallest absolute Gasteiger partial charge is 0.338 e. The Morgan fingerprint density at radius 2 is 1.88 bits per heavy atom. The number of benzene rings is 1. The fourth-order valence-electron chi connectivity index (χ4n) is 2.66. The molecule has 0 aromatic heterocycles. The summed E-state index contributed by atoms with van der Waals surface area (Å²) in [6.07, 6.45) is 1.01. The van der Waals surface area contributed by atoms with Crippen LogP contribution in [0.25, 0.3) is 0 Å². The Kier molecular flexibility index (Phi) is 6.58. The molecule has 1 aromatic carbocycles. The number of hydrogen-bond donors (Lipinski definition) is 2. The Bertz CT molecular complexity index is 650. The predicted octanol–water partition coefficient (Wildman–Crippen LogP) is 2.85. The van der Waals surface area contributed by atoms with Crippen LogP contribution < -0.4 is 10.6 Å². The van der Waals surface area contributed by atoms with Gasteiger partial charge in [-0.3, -0.25) is 0 Å². The number of rotatable bonds is 7. The average Bonchev–Trinajstić information content (AvgIpc) is 2.57. The van der Waals surface area contributed by atoms with Crippen LogP contribution in [-0.4, -0.2) is 31.3 Å². The van der Waals surface area contributed by atoms with E-state index in [1.165, 1.54) is 5.56 Å². The lowest BCUT2D eigenvalue weighted by Gasteiger charge is -2.28. The minimum Gasteiger partial charge on any atom is -0.460 e. The number of hydrogen-bond acceptors (Lipinski definition) is 4. The molecular weight excluding hydrogens is 320 g/mol. The summed E-state index contributed by atoms with van der Waals surface area (Å²) in [5, 5.41) is 5.44. The van der Waals surface area contributed by atoms with Crippen molar-refractivity contribution in [1.82, 2.24) is 10.6 Å². The lowest BCUT2D eigenvalue weighted by molar-refractivity contribution is -0.141. The average molecular weight is 346 g/mol. The number of urea groups is 1. The van der Waals surface area contributed by atoms with Gasteiger partial charge in [-0.2, -0.15) is 0 Å². The van der Waals surface area contributed by atoms with E-state index in [0.29, 0.717) is 17.9 Å². The topological polar surface area (TPSA) is 76.7 Å². The number of allylic oxidation sites excluding steroid dienone is 1. The van der Waals surface area contributed by atoms with Crippen molar-refractivity contribution >= 4 is 12.0 Å². The molecule has 0 saturated heterocycles. The molecule has 1 aliphatic heterocycles. The van der Waals surface area contributed by atoms with Crippen molar-refractivity contribution < 1.29 is 19.1 Å². The van der Waals surface area contributed by atoms with Gasteiger partial charge in [0.25, 0.3) is 0 Å². The van der Waals surface area contributed by atoms with Gasteiger partial charge in [0.1, 0.15) is 6.61 Å². The molecule has 1 heterocycles. The van der Waals surface area contributed by atoms with Gasteiger partial charge >= 0.3 is 12.0 Å². The number of amides is 2. The highest BCUT2D eigenvalue weighted by Gasteiger charge is 2.32. The van der Waals surface area contributed by atoms with Gasteiger partial charge in [0.05, 0.1) is 24.3 Å². The molecule has 1 aromatic rings. The summed E-state index contributed by atoms with van der Waals surface area (Å²) in [5.41, 5.74) is 2.95.